The van der Waals surface area contributed by atoms with Crippen LogP contribution in [-0.4, -0.2) is 6.04 Å². The summed E-state index contributed by atoms with van der Waals surface area (Å²) in [5.74, 6) is 0. The van der Waals surface area contributed by atoms with Gasteiger partial charge < -0.3 is 5.32 Å². The maximum atomic E-state index is 3.88. The molecule has 52 valence electrons. The van der Waals surface area contributed by atoms with Gasteiger partial charge in [0.2, 0.25) is 0 Å². The molecular formula is C8H15N. The van der Waals surface area contributed by atoms with Crippen LogP contribution in [0.25, 0.3) is 0 Å². The van der Waals surface area contributed by atoms with Gasteiger partial charge in [-0.25, -0.2) is 0 Å². The number of rotatable bonds is 4. The summed E-state index contributed by atoms with van der Waals surface area (Å²) in [6, 6.07) is 0.368. The zero-order chi connectivity index (χ0) is 7.28. The van der Waals surface area contributed by atoms with Crippen molar-refractivity contribution < 1.29 is 0 Å². The van der Waals surface area contributed by atoms with Crippen LogP contribution in [0.2, 0.25) is 0 Å². The first kappa shape index (κ1) is 8.28. The molecule has 0 aliphatic rings. The lowest BCUT2D eigenvalue weighted by atomic mass is 10.1. The molecular weight excluding hydrogens is 110 g/mol. The smallest absolute Gasteiger partial charge is 0.0437 e. The van der Waals surface area contributed by atoms with Crippen molar-refractivity contribution in [3.05, 3.63) is 24.9 Å². The van der Waals surface area contributed by atoms with Crippen LogP contribution >= 0.6 is 0 Å². The molecule has 0 bridgehead atoms. The van der Waals surface area contributed by atoms with Gasteiger partial charge in [0.1, 0.15) is 0 Å². The van der Waals surface area contributed by atoms with E-state index in [9.17, 15) is 0 Å². The molecule has 1 nitrogen and oxygen atoms in total. The molecule has 0 aliphatic carbocycles. The normalized spacial score (nSPS) is 12.2. The molecule has 0 fully saturated rings. The second kappa shape index (κ2) is 4.19. The molecule has 0 aromatic rings. The van der Waals surface area contributed by atoms with Gasteiger partial charge >= 0.3 is 0 Å². The molecule has 0 aromatic carbocycles. The van der Waals surface area contributed by atoms with Gasteiger partial charge in [0.15, 0.2) is 0 Å². The van der Waals surface area contributed by atoms with Crippen LogP contribution in [0.4, 0.5) is 0 Å². The molecule has 9 heavy (non-hydrogen) atoms. The molecule has 0 aromatic heterocycles. The van der Waals surface area contributed by atoms with E-state index in [2.05, 4.69) is 32.3 Å². The summed E-state index contributed by atoms with van der Waals surface area (Å²) in [6.45, 7) is 11.6. The molecule has 1 atom stereocenters. The van der Waals surface area contributed by atoms with E-state index in [1.54, 1.807) is 6.20 Å². The highest BCUT2D eigenvalue weighted by molar-refractivity contribution is 5.03. The lowest BCUT2D eigenvalue weighted by molar-refractivity contribution is 0.707. The highest BCUT2D eigenvalue weighted by atomic mass is 14.9. The summed E-state index contributed by atoms with van der Waals surface area (Å²) in [7, 11) is 0. The van der Waals surface area contributed by atoms with Gasteiger partial charge in [-0.3, -0.25) is 0 Å². The van der Waals surface area contributed by atoms with Crippen molar-refractivity contribution >= 4 is 0 Å². The van der Waals surface area contributed by atoms with Crippen molar-refractivity contribution in [1.82, 2.24) is 5.32 Å². The Kier molecular flexibility index (Phi) is 3.85. The Morgan fingerprint density at radius 3 is 2.67 bits per heavy atom. The van der Waals surface area contributed by atoms with Gasteiger partial charge in [0, 0.05) is 6.04 Å². The van der Waals surface area contributed by atoms with Crippen LogP contribution in [-0.2, 0) is 0 Å². The molecule has 0 amide bonds. The van der Waals surface area contributed by atoms with E-state index in [1.807, 2.05) is 0 Å². The first-order valence-corrected chi connectivity index (χ1v) is 3.27. The van der Waals surface area contributed by atoms with Crippen molar-refractivity contribution in [2.24, 2.45) is 0 Å². The van der Waals surface area contributed by atoms with E-state index in [-0.39, 0.29) is 0 Å². The van der Waals surface area contributed by atoms with Crippen molar-refractivity contribution in [3.63, 3.8) is 0 Å². The fraction of sp³-hybridized carbons (Fsp3) is 0.500. The first-order chi connectivity index (χ1) is 4.22. The predicted molar refractivity (Wildman–Crippen MR) is 42.2 cm³/mol. The maximum Gasteiger partial charge on any atom is 0.0437 e. The quantitative estimate of drug-likeness (QED) is 0.567. The molecule has 0 heterocycles. The highest BCUT2D eigenvalue weighted by Gasteiger charge is 1.98. The second-order valence-corrected chi connectivity index (χ2v) is 2.10. The van der Waals surface area contributed by atoms with Crippen LogP contribution < -0.4 is 5.32 Å². The topological polar surface area (TPSA) is 12.0 Å². The Morgan fingerprint density at radius 1 is 1.78 bits per heavy atom. The largest absolute Gasteiger partial charge is 0.385 e. The fourth-order valence-corrected chi connectivity index (χ4v) is 0.601. The summed E-state index contributed by atoms with van der Waals surface area (Å²) < 4.78 is 0. The zero-order valence-corrected chi connectivity index (χ0v) is 6.28. The van der Waals surface area contributed by atoms with Gasteiger partial charge in [0.25, 0.3) is 0 Å². The van der Waals surface area contributed by atoms with Crippen molar-refractivity contribution in [2.75, 3.05) is 0 Å². The van der Waals surface area contributed by atoms with Crippen LogP contribution in [0.15, 0.2) is 24.9 Å². The number of hydrogen-bond acceptors (Lipinski definition) is 1. The molecule has 0 rings (SSSR count). The van der Waals surface area contributed by atoms with E-state index in [0.29, 0.717) is 6.04 Å². The van der Waals surface area contributed by atoms with Gasteiger partial charge in [-0.15, -0.1) is 0 Å². The van der Waals surface area contributed by atoms with Gasteiger partial charge in [-0.1, -0.05) is 25.7 Å². The minimum absolute atomic E-state index is 0.368. The maximum absolute atomic E-state index is 3.88. The monoisotopic (exact) mass is 125 g/mol. The van der Waals surface area contributed by atoms with E-state index in [4.69, 9.17) is 0 Å². The Balaban J connectivity index is 3.58. The summed E-state index contributed by atoms with van der Waals surface area (Å²) in [5, 5.41) is 3.06. The number of nitrogens with one attached hydrogen (secondary N) is 1. The summed E-state index contributed by atoms with van der Waals surface area (Å²) in [6.07, 6.45) is 2.73. The Labute approximate surface area is 57.5 Å². The summed E-state index contributed by atoms with van der Waals surface area (Å²) in [5.41, 5.74) is 1.22. The fourth-order valence-electron chi connectivity index (χ4n) is 0.601. The molecule has 0 saturated carbocycles. The zero-order valence-electron chi connectivity index (χ0n) is 6.28. The third-order valence-corrected chi connectivity index (χ3v) is 1.43. The Bertz CT molecular complexity index is 105. The van der Waals surface area contributed by atoms with E-state index in [1.165, 1.54) is 5.57 Å². The highest BCUT2D eigenvalue weighted by Crippen LogP contribution is 2.01. The van der Waals surface area contributed by atoms with Crippen LogP contribution in [0.1, 0.15) is 20.3 Å². The molecule has 0 radical (unpaired) electrons. The lowest BCUT2D eigenvalue weighted by Crippen LogP contribution is -2.21. The molecule has 0 unspecified atom stereocenters. The number of hydrogen-bond donors (Lipinski definition) is 1. The predicted octanol–water partition coefficient (Wildman–Crippen LogP) is 2.07. The van der Waals surface area contributed by atoms with Gasteiger partial charge in [0.05, 0.1) is 0 Å². The van der Waals surface area contributed by atoms with Crippen molar-refractivity contribution in [1.29, 1.82) is 0 Å². The average Bonchev–Trinajstić information content (AvgIpc) is 1.87. The standard InChI is InChI=1S/C8H15N/c1-5-7(3)8(4)9-6-2/h6,8-9H,2-3,5H2,1,4H3/t8-/m1/s1. The lowest BCUT2D eigenvalue weighted by Gasteiger charge is -2.12. The molecule has 0 aliphatic heterocycles. The third kappa shape index (κ3) is 2.96. The minimum Gasteiger partial charge on any atom is -0.385 e. The van der Waals surface area contributed by atoms with E-state index >= 15 is 0 Å². The van der Waals surface area contributed by atoms with Crippen LogP contribution in [0, 0.1) is 0 Å². The van der Waals surface area contributed by atoms with Gasteiger partial charge in [-0.05, 0) is 19.5 Å². The van der Waals surface area contributed by atoms with Gasteiger partial charge in [-0.2, -0.15) is 0 Å². The average molecular weight is 125 g/mol. The van der Waals surface area contributed by atoms with Crippen LogP contribution in [0.3, 0.4) is 0 Å². The van der Waals surface area contributed by atoms with E-state index in [0.717, 1.165) is 6.42 Å². The summed E-state index contributed by atoms with van der Waals surface area (Å²) >= 11 is 0. The first-order valence-electron chi connectivity index (χ1n) is 3.27. The van der Waals surface area contributed by atoms with Crippen molar-refractivity contribution in [3.8, 4) is 0 Å². The Morgan fingerprint density at radius 2 is 2.33 bits per heavy atom. The molecule has 0 spiro atoms. The third-order valence-electron chi connectivity index (χ3n) is 1.43. The SMILES string of the molecule is C=CN[C@H](C)C(=C)CC. The molecule has 1 N–H and O–H groups in total. The van der Waals surface area contributed by atoms with Crippen LogP contribution in [0.5, 0.6) is 0 Å². The molecule has 0 saturated heterocycles. The summed E-state index contributed by atoms with van der Waals surface area (Å²) in [4.78, 5) is 0. The molecule has 1 heteroatoms. The van der Waals surface area contributed by atoms with E-state index < -0.39 is 0 Å². The van der Waals surface area contributed by atoms with Crippen molar-refractivity contribution in [2.45, 2.75) is 26.3 Å². The minimum atomic E-state index is 0.368. The Hall–Kier alpha value is -0.720. The second-order valence-electron chi connectivity index (χ2n) is 2.10.